The van der Waals surface area contributed by atoms with E-state index in [1.54, 1.807) is 10.7 Å². The number of nitrogens with zero attached hydrogens (tertiary/aromatic N) is 6. The minimum atomic E-state index is -1.30. The average molecular weight is 375 g/mol. The van der Waals surface area contributed by atoms with E-state index in [2.05, 4.69) is 33.9 Å². The Kier molecular flexibility index (Phi) is 5.96. The van der Waals surface area contributed by atoms with Crippen LogP contribution < -0.4 is 10.6 Å². The first-order chi connectivity index (χ1) is 12.8. The van der Waals surface area contributed by atoms with Crippen LogP contribution in [0.2, 0.25) is 0 Å². The molecular formula is C16H21N7O4. The zero-order valence-corrected chi connectivity index (χ0v) is 15.2. The summed E-state index contributed by atoms with van der Waals surface area (Å²) in [6.07, 6.45) is 2.78. The number of hydrogen-bond acceptors (Lipinski definition) is 7. The molecule has 11 nitrogen and oxygen atoms in total. The molecular weight excluding hydrogens is 354 g/mol. The van der Waals surface area contributed by atoms with Crippen molar-refractivity contribution in [3.8, 4) is 0 Å². The molecule has 27 heavy (non-hydrogen) atoms. The predicted molar refractivity (Wildman–Crippen MR) is 98.1 cm³/mol. The van der Waals surface area contributed by atoms with Crippen LogP contribution in [0.15, 0.2) is 24.5 Å². The zero-order chi connectivity index (χ0) is 20.1. The first-order valence-corrected chi connectivity index (χ1v) is 8.13. The first kappa shape index (κ1) is 19.7. The maximum absolute atomic E-state index is 10.5. The molecule has 0 unspecified atom stereocenters. The van der Waals surface area contributed by atoms with Crippen molar-refractivity contribution < 1.29 is 19.8 Å². The molecule has 0 aliphatic rings. The van der Waals surface area contributed by atoms with E-state index in [0.717, 1.165) is 35.6 Å². The number of aromatic nitrogens is 5. The molecule has 144 valence electrons. The van der Waals surface area contributed by atoms with Crippen LogP contribution in [0.5, 0.6) is 0 Å². The molecule has 0 bridgehead atoms. The van der Waals surface area contributed by atoms with E-state index in [9.17, 15) is 9.59 Å². The Morgan fingerprint density at radius 2 is 1.85 bits per heavy atom. The van der Waals surface area contributed by atoms with E-state index in [1.807, 2.05) is 12.1 Å². The number of pyridine rings is 1. The van der Waals surface area contributed by atoms with Crippen LogP contribution in [0.4, 0.5) is 11.6 Å². The summed E-state index contributed by atoms with van der Waals surface area (Å²) >= 11 is 0. The van der Waals surface area contributed by atoms with E-state index in [-0.39, 0.29) is 11.3 Å². The number of nitrogen functional groups attached to an aromatic ring is 1. The molecule has 0 saturated carbocycles. The number of carbonyl (C=O) groups is 2. The normalized spacial score (nSPS) is 10.3. The van der Waals surface area contributed by atoms with Crippen LogP contribution in [0.3, 0.4) is 0 Å². The number of anilines is 2. The van der Waals surface area contributed by atoms with Gasteiger partial charge >= 0.3 is 11.9 Å². The summed E-state index contributed by atoms with van der Waals surface area (Å²) in [4.78, 5) is 27.4. The van der Waals surface area contributed by atoms with Gasteiger partial charge in [-0.05, 0) is 26.0 Å². The van der Waals surface area contributed by atoms with Crippen molar-refractivity contribution in [1.82, 2.24) is 24.4 Å². The lowest BCUT2D eigenvalue weighted by molar-refractivity contribution is 0.0644. The quantitative estimate of drug-likeness (QED) is 0.592. The number of carboxylic acids is 2. The topological polar surface area (TPSA) is 152 Å². The lowest BCUT2D eigenvalue weighted by atomic mass is 10.2. The average Bonchev–Trinajstić information content (AvgIpc) is 3.19. The molecule has 3 rings (SSSR count). The second kappa shape index (κ2) is 8.17. The minimum absolute atomic E-state index is 0.301. The van der Waals surface area contributed by atoms with Gasteiger partial charge in [-0.15, -0.1) is 5.10 Å². The largest absolute Gasteiger partial charge is 0.478 e. The lowest BCUT2D eigenvalue weighted by Gasteiger charge is -2.14. The van der Waals surface area contributed by atoms with Crippen LogP contribution in [-0.4, -0.2) is 59.6 Å². The molecule has 11 heteroatoms. The van der Waals surface area contributed by atoms with Crippen molar-refractivity contribution in [2.75, 3.05) is 23.7 Å². The van der Waals surface area contributed by atoms with E-state index < -0.39 is 11.9 Å². The Bertz CT molecular complexity index is 959. The molecule has 0 spiro atoms. The van der Waals surface area contributed by atoms with Gasteiger partial charge in [0.1, 0.15) is 5.56 Å². The maximum Gasteiger partial charge on any atom is 0.355 e. The standard InChI is InChI=1S/C10H15N5.C6H6N2O4/c1-3-14(4-2)10-12-9-6-5-8(11)7-15(9)13-10;1-8-4(6(11)12)3(2-7-8)5(9)10/h5-7H,3-4,11H2,1-2H3;2H,1H3,(H,9,10)(H,11,12). The van der Waals surface area contributed by atoms with Crippen LogP contribution in [0.1, 0.15) is 34.7 Å². The molecule has 0 saturated heterocycles. The first-order valence-electron chi connectivity index (χ1n) is 8.13. The van der Waals surface area contributed by atoms with Crippen molar-refractivity contribution in [1.29, 1.82) is 0 Å². The summed E-state index contributed by atoms with van der Waals surface area (Å²) in [5, 5.41) is 25.0. The monoisotopic (exact) mass is 375 g/mol. The van der Waals surface area contributed by atoms with Crippen molar-refractivity contribution >= 4 is 29.2 Å². The van der Waals surface area contributed by atoms with Gasteiger partial charge in [0.25, 0.3) is 0 Å². The number of aryl methyl sites for hydroxylation is 1. The van der Waals surface area contributed by atoms with E-state index in [4.69, 9.17) is 15.9 Å². The molecule has 0 aliphatic carbocycles. The fourth-order valence-electron chi connectivity index (χ4n) is 2.38. The third-order valence-corrected chi connectivity index (χ3v) is 3.76. The summed E-state index contributed by atoms with van der Waals surface area (Å²) < 4.78 is 2.72. The Morgan fingerprint density at radius 1 is 1.19 bits per heavy atom. The van der Waals surface area contributed by atoms with Crippen molar-refractivity contribution in [3.05, 3.63) is 35.8 Å². The molecule has 0 aromatic carbocycles. The molecule has 0 amide bonds. The second-order valence-corrected chi connectivity index (χ2v) is 5.49. The van der Waals surface area contributed by atoms with Gasteiger partial charge in [0.2, 0.25) is 5.95 Å². The van der Waals surface area contributed by atoms with E-state index in [0.29, 0.717) is 5.69 Å². The molecule has 0 aliphatic heterocycles. The summed E-state index contributed by atoms with van der Waals surface area (Å²) in [7, 11) is 1.37. The summed E-state index contributed by atoms with van der Waals surface area (Å²) in [5.74, 6) is -1.83. The van der Waals surface area contributed by atoms with Crippen LogP contribution in [-0.2, 0) is 7.05 Å². The fraction of sp³-hybridized carbons (Fsp3) is 0.312. The molecule has 0 radical (unpaired) electrons. The van der Waals surface area contributed by atoms with Gasteiger partial charge in [-0.2, -0.15) is 10.1 Å². The zero-order valence-electron chi connectivity index (χ0n) is 15.2. The fourth-order valence-corrected chi connectivity index (χ4v) is 2.38. The molecule has 3 aromatic heterocycles. The Morgan fingerprint density at radius 3 is 2.37 bits per heavy atom. The third-order valence-electron chi connectivity index (χ3n) is 3.76. The number of carboxylic acid groups (broad SMARTS) is 2. The SMILES string of the molecule is CCN(CC)c1nc2ccc(N)cn2n1.Cn1ncc(C(=O)O)c1C(=O)O. The van der Waals surface area contributed by atoms with Gasteiger partial charge in [0.05, 0.1) is 18.1 Å². The van der Waals surface area contributed by atoms with Gasteiger partial charge in [-0.3, -0.25) is 4.68 Å². The highest BCUT2D eigenvalue weighted by Crippen LogP contribution is 2.12. The number of aromatic carboxylic acids is 2. The van der Waals surface area contributed by atoms with Crippen LogP contribution in [0, 0.1) is 0 Å². The molecule has 0 fully saturated rings. The van der Waals surface area contributed by atoms with Crippen molar-refractivity contribution in [2.45, 2.75) is 13.8 Å². The number of rotatable bonds is 5. The highest BCUT2D eigenvalue weighted by atomic mass is 16.4. The van der Waals surface area contributed by atoms with Crippen LogP contribution in [0.25, 0.3) is 5.65 Å². The highest BCUT2D eigenvalue weighted by molar-refractivity contribution is 6.00. The van der Waals surface area contributed by atoms with Gasteiger partial charge in [0.15, 0.2) is 11.3 Å². The molecule has 3 aromatic rings. The molecule has 4 N–H and O–H groups in total. The number of hydrogen-bond donors (Lipinski definition) is 3. The Labute approximate surface area is 154 Å². The van der Waals surface area contributed by atoms with E-state index in [1.165, 1.54) is 7.05 Å². The number of nitrogens with two attached hydrogens (primary N) is 1. The second-order valence-electron chi connectivity index (χ2n) is 5.49. The summed E-state index contributed by atoms with van der Waals surface area (Å²) in [6, 6.07) is 3.70. The highest BCUT2D eigenvalue weighted by Gasteiger charge is 2.20. The van der Waals surface area contributed by atoms with Crippen molar-refractivity contribution in [3.63, 3.8) is 0 Å². The van der Waals surface area contributed by atoms with E-state index >= 15 is 0 Å². The molecule has 3 heterocycles. The Balaban J connectivity index is 0.000000199. The van der Waals surface area contributed by atoms with Gasteiger partial charge in [-0.25, -0.2) is 14.1 Å². The van der Waals surface area contributed by atoms with Crippen molar-refractivity contribution in [2.24, 2.45) is 7.05 Å². The summed E-state index contributed by atoms with van der Waals surface area (Å²) in [6.45, 7) is 5.98. The smallest absolute Gasteiger partial charge is 0.355 e. The molecule has 0 atom stereocenters. The third kappa shape index (κ3) is 4.32. The number of fused-ring (bicyclic) bond motifs is 1. The Hall–Kier alpha value is -3.63. The maximum atomic E-state index is 10.5. The lowest BCUT2D eigenvalue weighted by Crippen LogP contribution is -2.23. The van der Waals surface area contributed by atoms with Gasteiger partial charge < -0.3 is 20.8 Å². The van der Waals surface area contributed by atoms with Crippen LogP contribution >= 0.6 is 0 Å². The van der Waals surface area contributed by atoms with Gasteiger partial charge in [0, 0.05) is 20.1 Å². The van der Waals surface area contributed by atoms with Gasteiger partial charge in [-0.1, -0.05) is 0 Å². The predicted octanol–water partition coefficient (Wildman–Crippen LogP) is 0.974. The summed E-state index contributed by atoms with van der Waals surface area (Å²) in [5.41, 5.74) is 6.57. The minimum Gasteiger partial charge on any atom is -0.478 e.